The molecule has 1 aromatic heterocycles. The summed E-state index contributed by atoms with van der Waals surface area (Å²) in [6.45, 7) is -0.348. The zero-order chi connectivity index (χ0) is 15.4. The van der Waals surface area contributed by atoms with Crippen molar-refractivity contribution in [2.24, 2.45) is 0 Å². The quantitative estimate of drug-likeness (QED) is 0.818. The van der Waals surface area contributed by atoms with Crippen LogP contribution >= 0.6 is 0 Å². The SMILES string of the molecule is COc1cc(-c2nnnn2CC(=O)O)cc(OC)c1OC. The van der Waals surface area contributed by atoms with Crippen LogP contribution in [0.1, 0.15) is 0 Å². The van der Waals surface area contributed by atoms with E-state index in [9.17, 15) is 4.79 Å². The van der Waals surface area contributed by atoms with Crippen LogP contribution in [-0.2, 0) is 11.3 Å². The van der Waals surface area contributed by atoms with Crippen molar-refractivity contribution in [2.45, 2.75) is 6.54 Å². The Hall–Kier alpha value is -2.84. The van der Waals surface area contributed by atoms with Crippen LogP contribution in [0.4, 0.5) is 0 Å². The minimum absolute atomic E-state index is 0.289. The van der Waals surface area contributed by atoms with Gasteiger partial charge in [-0.25, -0.2) is 4.68 Å². The summed E-state index contributed by atoms with van der Waals surface area (Å²) in [5, 5.41) is 19.8. The molecule has 2 rings (SSSR count). The Morgan fingerprint density at radius 2 is 1.81 bits per heavy atom. The Labute approximate surface area is 120 Å². The molecule has 0 fully saturated rings. The topological polar surface area (TPSA) is 109 Å². The van der Waals surface area contributed by atoms with E-state index in [0.29, 0.717) is 22.8 Å². The van der Waals surface area contributed by atoms with Gasteiger partial charge in [0.15, 0.2) is 17.3 Å². The van der Waals surface area contributed by atoms with E-state index < -0.39 is 5.97 Å². The van der Waals surface area contributed by atoms with Gasteiger partial charge in [-0.1, -0.05) is 0 Å². The van der Waals surface area contributed by atoms with E-state index in [0.717, 1.165) is 0 Å². The molecule has 21 heavy (non-hydrogen) atoms. The van der Waals surface area contributed by atoms with Gasteiger partial charge in [0, 0.05) is 5.56 Å². The van der Waals surface area contributed by atoms with Crippen molar-refractivity contribution in [1.29, 1.82) is 0 Å². The lowest BCUT2D eigenvalue weighted by atomic mass is 10.1. The van der Waals surface area contributed by atoms with Crippen LogP contribution < -0.4 is 14.2 Å². The van der Waals surface area contributed by atoms with Crippen LogP contribution in [0.3, 0.4) is 0 Å². The number of hydrogen-bond acceptors (Lipinski definition) is 7. The number of benzene rings is 1. The molecule has 9 heteroatoms. The first-order valence-corrected chi connectivity index (χ1v) is 5.89. The lowest BCUT2D eigenvalue weighted by molar-refractivity contribution is -0.137. The van der Waals surface area contributed by atoms with Gasteiger partial charge in [-0.3, -0.25) is 4.79 Å². The van der Waals surface area contributed by atoms with Gasteiger partial charge in [-0.2, -0.15) is 0 Å². The largest absolute Gasteiger partial charge is 0.493 e. The van der Waals surface area contributed by atoms with E-state index in [1.807, 2.05) is 0 Å². The fourth-order valence-corrected chi connectivity index (χ4v) is 1.86. The molecular formula is C12H14N4O5. The maximum Gasteiger partial charge on any atom is 0.325 e. The number of aliphatic carboxylic acids is 1. The average molecular weight is 294 g/mol. The summed E-state index contributed by atoms with van der Waals surface area (Å²) in [5.74, 6) is 0.530. The number of aromatic nitrogens is 4. The van der Waals surface area contributed by atoms with E-state index in [-0.39, 0.29) is 12.4 Å². The van der Waals surface area contributed by atoms with Gasteiger partial charge >= 0.3 is 5.97 Å². The molecule has 0 spiro atoms. The smallest absolute Gasteiger partial charge is 0.325 e. The van der Waals surface area contributed by atoms with Crippen molar-refractivity contribution in [3.05, 3.63) is 12.1 Å². The molecule has 0 radical (unpaired) electrons. The van der Waals surface area contributed by atoms with Crippen molar-refractivity contribution < 1.29 is 24.1 Å². The minimum atomic E-state index is -1.05. The van der Waals surface area contributed by atoms with E-state index in [2.05, 4.69) is 15.5 Å². The number of tetrazole rings is 1. The first kappa shape index (κ1) is 14.6. The van der Waals surface area contributed by atoms with Crippen molar-refractivity contribution in [1.82, 2.24) is 20.2 Å². The normalized spacial score (nSPS) is 10.2. The zero-order valence-corrected chi connectivity index (χ0v) is 11.7. The van der Waals surface area contributed by atoms with Crippen LogP contribution in [0.15, 0.2) is 12.1 Å². The van der Waals surface area contributed by atoms with Gasteiger partial charge < -0.3 is 19.3 Å². The molecule has 9 nitrogen and oxygen atoms in total. The molecule has 1 N–H and O–H groups in total. The summed E-state index contributed by atoms with van der Waals surface area (Å²) < 4.78 is 16.9. The van der Waals surface area contributed by atoms with Crippen LogP contribution in [0.5, 0.6) is 17.2 Å². The van der Waals surface area contributed by atoms with Gasteiger partial charge in [-0.05, 0) is 22.6 Å². The van der Waals surface area contributed by atoms with E-state index in [4.69, 9.17) is 19.3 Å². The number of carboxylic acid groups (broad SMARTS) is 1. The Morgan fingerprint density at radius 1 is 1.19 bits per heavy atom. The molecule has 0 aliphatic heterocycles. The number of nitrogens with zero attached hydrogens (tertiary/aromatic N) is 4. The lowest BCUT2D eigenvalue weighted by Gasteiger charge is -2.13. The fraction of sp³-hybridized carbons (Fsp3) is 0.333. The highest BCUT2D eigenvalue weighted by Crippen LogP contribution is 2.40. The summed E-state index contributed by atoms with van der Waals surface area (Å²) in [6, 6.07) is 3.29. The number of carboxylic acids is 1. The van der Waals surface area contributed by atoms with Crippen molar-refractivity contribution in [3.8, 4) is 28.6 Å². The fourth-order valence-electron chi connectivity index (χ4n) is 1.86. The van der Waals surface area contributed by atoms with Gasteiger partial charge in [0.25, 0.3) is 0 Å². The molecule has 0 saturated heterocycles. The zero-order valence-electron chi connectivity index (χ0n) is 11.7. The highest BCUT2D eigenvalue weighted by molar-refractivity contribution is 5.69. The molecule has 2 aromatic rings. The first-order valence-electron chi connectivity index (χ1n) is 5.89. The average Bonchev–Trinajstić information content (AvgIpc) is 2.92. The van der Waals surface area contributed by atoms with Crippen LogP contribution in [0, 0.1) is 0 Å². The standard InChI is InChI=1S/C12H14N4O5/c1-19-8-4-7(5-9(20-2)11(8)21-3)12-13-14-15-16(12)6-10(17)18/h4-5H,6H2,1-3H3,(H,17,18). The number of carbonyl (C=O) groups is 1. The maximum atomic E-state index is 10.8. The molecule has 1 aromatic carbocycles. The number of rotatable bonds is 6. The summed E-state index contributed by atoms with van der Waals surface area (Å²) in [5.41, 5.74) is 0.552. The van der Waals surface area contributed by atoms with Gasteiger partial charge in [0.2, 0.25) is 5.75 Å². The molecule has 112 valence electrons. The summed E-state index contributed by atoms with van der Waals surface area (Å²) in [4.78, 5) is 10.8. The van der Waals surface area contributed by atoms with E-state index in [1.165, 1.54) is 26.0 Å². The third kappa shape index (κ3) is 2.86. The molecular weight excluding hydrogens is 280 g/mol. The van der Waals surface area contributed by atoms with Crippen LogP contribution in [0.25, 0.3) is 11.4 Å². The Bertz CT molecular complexity index is 630. The molecule has 0 unspecified atom stereocenters. The molecule has 0 bridgehead atoms. The third-order valence-electron chi connectivity index (χ3n) is 2.74. The first-order chi connectivity index (χ1) is 10.1. The van der Waals surface area contributed by atoms with Gasteiger partial charge in [0.1, 0.15) is 6.54 Å². The highest BCUT2D eigenvalue weighted by atomic mass is 16.5. The Morgan fingerprint density at radius 3 is 2.29 bits per heavy atom. The van der Waals surface area contributed by atoms with Crippen LogP contribution in [0.2, 0.25) is 0 Å². The van der Waals surface area contributed by atoms with Crippen molar-refractivity contribution in [2.75, 3.05) is 21.3 Å². The minimum Gasteiger partial charge on any atom is -0.493 e. The molecule has 0 aliphatic rings. The molecule has 0 atom stereocenters. The predicted molar refractivity (Wildman–Crippen MR) is 70.5 cm³/mol. The van der Waals surface area contributed by atoms with Gasteiger partial charge in [0.05, 0.1) is 21.3 Å². The Kier molecular flexibility index (Phi) is 4.21. The lowest BCUT2D eigenvalue weighted by Crippen LogP contribution is -2.11. The third-order valence-corrected chi connectivity index (χ3v) is 2.74. The second-order valence-electron chi connectivity index (χ2n) is 3.97. The number of ether oxygens (including phenoxy) is 3. The summed E-state index contributed by atoms with van der Waals surface area (Å²) in [6.07, 6.45) is 0. The molecule has 1 heterocycles. The second kappa shape index (κ2) is 6.07. The highest BCUT2D eigenvalue weighted by Gasteiger charge is 2.18. The number of hydrogen-bond donors (Lipinski definition) is 1. The number of methoxy groups -OCH3 is 3. The van der Waals surface area contributed by atoms with Crippen molar-refractivity contribution in [3.63, 3.8) is 0 Å². The van der Waals surface area contributed by atoms with E-state index in [1.54, 1.807) is 12.1 Å². The summed E-state index contributed by atoms with van der Waals surface area (Å²) >= 11 is 0. The monoisotopic (exact) mass is 294 g/mol. The molecule has 0 aliphatic carbocycles. The van der Waals surface area contributed by atoms with Gasteiger partial charge in [-0.15, -0.1) is 5.10 Å². The predicted octanol–water partition coefficient (Wildman–Crippen LogP) is 0.450. The molecule has 0 amide bonds. The Balaban J connectivity index is 2.54. The second-order valence-corrected chi connectivity index (χ2v) is 3.97. The molecule has 0 saturated carbocycles. The summed E-state index contributed by atoms with van der Waals surface area (Å²) in [7, 11) is 4.47. The van der Waals surface area contributed by atoms with Crippen LogP contribution in [-0.4, -0.2) is 52.6 Å². The van der Waals surface area contributed by atoms with Crippen molar-refractivity contribution >= 4 is 5.97 Å². The van der Waals surface area contributed by atoms with E-state index >= 15 is 0 Å². The maximum absolute atomic E-state index is 10.8.